The van der Waals surface area contributed by atoms with Gasteiger partial charge in [-0.1, -0.05) is 54.4 Å². The van der Waals surface area contributed by atoms with Crippen LogP contribution < -0.4 is 9.64 Å². The van der Waals surface area contributed by atoms with Gasteiger partial charge >= 0.3 is 0 Å². The summed E-state index contributed by atoms with van der Waals surface area (Å²) >= 11 is 12.3. The molecular formula is C19H15Cl2NO3. The van der Waals surface area contributed by atoms with E-state index in [1.165, 1.54) is 0 Å². The second-order valence-corrected chi connectivity index (χ2v) is 6.24. The zero-order valence-electron chi connectivity index (χ0n) is 13.5. The summed E-state index contributed by atoms with van der Waals surface area (Å²) in [6.45, 7) is 2.63. The Morgan fingerprint density at radius 1 is 0.960 bits per heavy atom. The summed E-state index contributed by atoms with van der Waals surface area (Å²) in [6.07, 6.45) is 0.901. The molecule has 25 heavy (non-hydrogen) atoms. The molecule has 0 saturated heterocycles. The van der Waals surface area contributed by atoms with Gasteiger partial charge < -0.3 is 4.74 Å². The van der Waals surface area contributed by atoms with E-state index in [1.54, 1.807) is 48.5 Å². The lowest BCUT2D eigenvalue weighted by Gasteiger charge is -2.16. The molecule has 0 spiro atoms. The molecule has 0 bridgehead atoms. The lowest BCUT2D eigenvalue weighted by molar-refractivity contribution is -0.119. The Morgan fingerprint density at radius 2 is 1.64 bits per heavy atom. The normalized spacial score (nSPS) is 14.4. The molecule has 0 N–H and O–H groups in total. The van der Waals surface area contributed by atoms with Crippen LogP contribution in [0.1, 0.15) is 18.9 Å². The van der Waals surface area contributed by atoms with Crippen LogP contribution >= 0.6 is 23.2 Å². The number of ether oxygens (including phenoxy) is 1. The Morgan fingerprint density at radius 3 is 2.28 bits per heavy atom. The molecule has 1 aliphatic rings. The van der Waals surface area contributed by atoms with E-state index in [2.05, 4.69) is 0 Å². The number of rotatable bonds is 5. The van der Waals surface area contributed by atoms with Crippen LogP contribution in [0.5, 0.6) is 5.75 Å². The molecule has 2 amide bonds. The van der Waals surface area contributed by atoms with Crippen LogP contribution in [-0.4, -0.2) is 18.4 Å². The maximum absolute atomic E-state index is 12.8. The van der Waals surface area contributed by atoms with E-state index in [9.17, 15) is 9.59 Å². The van der Waals surface area contributed by atoms with Gasteiger partial charge in [0.15, 0.2) is 0 Å². The van der Waals surface area contributed by atoms with Crippen molar-refractivity contribution in [3.63, 3.8) is 0 Å². The third-order valence-electron chi connectivity index (χ3n) is 3.74. The van der Waals surface area contributed by atoms with Gasteiger partial charge in [-0.2, -0.15) is 0 Å². The molecule has 0 radical (unpaired) electrons. The van der Waals surface area contributed by atoms with E-state index in [-0.39, 0.29) is 10.6 Å². The van der Waals surface area contributed by atoms with E-state index >= 15 is 0 Å². The molecule has 0 unspecified atom stereocenters. The topological polar surface area (TPSA) is 46.6 Å². The van der Waals surface area contributed by atoms with Crippen LogP contribution in [0, 0.1) is 0 Å². The van der Waals surface area contributed by atoms with Crippen molar-refractivity contribution >= 4 is 46.3 Å². The van der Waals surface area contributed by atoms with Crippen molar-refractivity contribution in [3.8, 4) is 5.75 Å². The van der Waals surface area contributed by atoms with Gasteiger partial charge in [-0.3, -0.25) is 9.59 Å². The lowest BCUT2D eigenvalue weighted by atomic mass is 10.1. The Balaban J connectivity index is 1.93. The Bertz CT molecular complexity index is 859. The van der Waals surface area contributed by atoms with Gasteiger partial charge in [0.2, 0.25) is 0 Å². The first-order valence-electron chi connectivity index (χ1n) is 7.81. The van der Waals surface area contributed by atoms with Crippen molar-refractivity contribution < 1.29 is 14.3 Å². The van der Waals surface area contributed by atoms with E-state index in [0.717, 1.165) is 11.3 Å². The molecule has 4 nitrogen and oxygen atoms in total. The average Bonchev–Trinajstić information content (AvgIpc) is 2.84. The van der Waals surface area contributed by atoms with E-state index in [1.807, 2.05) is 6.92 Å². The molecule has 0 aromatic heterocycles. The third-order valence-corrected chi connectivity index (χ3v) is 4.41. The fourth-order valence-corrected chi connectivity index (χ4v) is 3.04. The number of carbonyl (C=O) groups excluding carboxylic acids is 2. The number of imide groups is 1. The molecule has 3 rings (SSSR count). The standard InChI is InChI=1S/C19H15Cl2NO3/c1-2-11-25-13-9-7-12(8-10-13)16-17(21)19(24)22(18(16)23)15-6-4-3-5-14(15)20/h3-10H,2,11H2,1H3. The predicted octanol–water partition coefficient (Wildman–Crippen LogP) is 4.65. The molecular weight excluding hydrogens is 361 g/mol. The van der Waals surface area contributed by atoms with Crippen molar-refractivity contribution in [1.29, 1.82) is 0 Å². The maximum Gasteiger partial charge on any atom is 0.277 e. The maximum atomic E-state index is 12.8. The first kappa shape index (κ1) is 17.5. The second-order valence-electron chi connectivity index (χ2n) is 5.46. The molecule has 0 aliphatic carbocycles. The summed E-state index contributed by atoms with van der Waals surface area (Å²) in [4.78, 5) is 26.3. The molecule has 6 heteroatoms. The first-order chi connectivity index (χ1) is 12.0. The number of para-hydroxylation sites is 1. The van der Waals surface area contributed by atoms with Crippen molar-refractivity contribution in [2.75, 3.05) is 11.5 Å². The summed E-state index contributed by atoms with van der Waals surface area (Å²) in [5.74, 6) is -0.381. The van der Waals surface area contributed by atoms with Gasteiger partial charge in [0.25, 0.3) is 11.8 Å². The van der Waals surface area contributed by atoms with Gasteiger partial charge in [-0.05, 0) is 36.2 Å². The largest absolute Gasteiger partial charge is 0.494 e. The van der Waals surface area contributed by atoms with Gasteiger partial charge in [0, 0.05) is 0 Å². The smallest absolute Gasteiger partial charge is 0.277 e. The van der Waals surface area contributed by atoms with Crippen molar-refractivity contribution in [1.82, 2.24) is 0 Å². The van der Waals surface area contributed by atoms with E-state index in [0.29, 0.717) is 28.6 Å². The van der Waals surface area contributed by atoms with Crippen molar-refractivity contribution in [3.05, 3.63) is 64.1 Å². The number of halogens is 2. The summed E-state index contributed by atoms with van der Waals surface area (Å²) in [5.41, 5.74) is 1.03. The monoisotopic (exact) mass is 375 g/mol. The predicted molar refractivity (Wildman–Crippen MR) is 98.9 cm³/mol. The highest BCUT2D eigenvalue weighted by molar-refractivity contribution is 6.60. The van der Waals surface area contributed by atoms with Gasteiger partial charge in [-0.25, -0.2) is 4.90 Å². The number of carbonyl (C=O) groups is 2. The molecule has 1 heterocycles. The Labute approximate surface area is 155 Å². The molecule has 2 aromatic carbocycles. The molecule has 1 aliphatic heterocycles. The summed E-state index contributed by atoms with van der Waals surface area (Å²) in [5, 5.41) is 0.186. The van der Waals surface area contributed by atoms with E-state index in [4.69, 9.17) is 27.9 Å². The minimum atomic E-state index is -0.582. The molecule has 0 atom stereocenters. The quantitative estimate of drug-likeness (QED) is 0.714. The van der Waals surface area contributed by atoms with Crippen molar-refractivity contribution in [2.24, 2.45) is 0 Å². The molecule has 0 saturated carbocycles. The zero-order chi connectivity index (χ0) is 18.0. The molecule has 0 fully saturated rings. The van der Waals surface area contributed by atoms with E-state index < -0.39 is 11.8 Å². The summed E-state index contributed by atoms with van der Waals surface area (Å²) in [7, 11) is 0. The van der Waals surface area contributed by atoms with Crippen LogP contribution in [0.3, 0.4) is 0 Å². The SMILES string of the molecule is CCCOc1ccc(C2=C(Cl)C(=O)N(c3ccccc3Cl)C2=O)cc1. The fraction of sp³-hybridized carbons (Fsp3) is 0.158. The van der Waals surface area contributed by atoms with Crippen LogP contribution in [0.4, 0.5) is 5.69 Å². The van der Waals surface area contributed by atoms with Crippen molar-refractivity contribution in [2.45, 2.75) is 13.3 Å². The number of nitrogens with zero attached hydrogens (tertiary/aromatic N) is 1. The first-order valence-corrected chi connectivity index (χ1v) is 8.56. The highest BCUT2D eigenvalue weighted by atomic mass is 35.5. The number of hydrogen-bond donors (Lipinski definition) is 0. The van der Waals surface area contributed by atoms with Crippen LogP contribution in [0.15, 0.2) is 53.6 Å². The third kappa shape index (κ3) is 3.28. The van der Waals surface area contributed by atoms with Gasteiger partial charge in [0.1, 0.15) is 10.8 Å². The Hall–Kier alpha value is -2.30. The van der Waals surface area contributed by atoms with Gasteiger partial charge in [0.05, 0.1) is 22.9 Å². The zero-order valence-corrected chi connectivity index (χ0v) is 15.0. The molecule has 128 valence electrons. The van der Waals surface area contributed by atoms with Gasteiger partial charge in [-0.15, -0.1) is 0 Å². The summed E-state index contributed by atoms with van der Waals surface area (Å²) in [6, 6.07) is 13.6. The minimum Gasteiger partial charge on any atom is -0.494 e. The summed E-state index contributed by atoms with van der Waals surface area (Å²) < 4.78 is 5.52. The minimum absolute atomic E-state index is 0.118. The Kier molecular flexibility index (Phi) is 5.11. The average molecular weight is 376 g/mol. The lowest BCUT2D eigenvalue weighted by Crippen LogP contribution is -2.31. The number of hydrogen-bond acceptors (Lipinski definition) is 3. The molecule has 2 aromatic rings. The second kappa shape index (κ2) is 7.30. The van der Waals surface area contributed by atoms with Crippen LogP contribution in [0.25, 0.3) is 5.57 Å². The number of anilines is 1. The highest BCUT2D eigenvalue weighted by Crippen LogP contribution is 2.37. The number of amides is 2. The van der Waals surface area contributed by atoms with Crippen LogP contribution in [-0.2, 0) is 9.59 Å². The fourth-order valence-electron chi connectivity index (χ4n) is 2.54. The highest BCUT2D eigenvalue weighted by Gasteiger charge is 2.39. The van der Waals surface area contributed by atoms with Crippen LogP contribution in [0.2, 0.25) is 5.02 Å². The number of benzene rings is 2.